The SMILES string of the molecule is O=C1COc2ccc(C(=O)N3[CH]COc4cc(Cl)ccc43)cc2N1. The molecular weight excluding hydrogens is 332 g/mol. The number of ether oxygens (including phenoxy) is 2. The summed E-state index contributed by atoms with van der Waals surface area (Å²) < 4.78 is 10.8. The number of nitrogens with zero attached hydrogens (tertiary/aromatic N) is 1. The Morgan fingerprint density at radius 3 is 2.88 bits per heavy atom. The first kappa shape index (κ1) is 14.8. The Hall–Kier alpha value is -2.73. The highest BCUT2D eigenvalue weighted by atomic mass is 35.5. The second kappa shape index (κ2) is 5.72. The number of amides is 2. The molecule has 0 aromatic heterocycles. The smallest absolute Gasteiger partial charge is 0.262 e. The largest absolute Gasteiger partial charge is 0.489 e. The van der Waals surface area contributed by atoms with Crippen LogP contribution in [0.2, 0.25) is 5.02 Å². The highest BCUT2D eigenvalue weighted by Gasteiger charge is 2.26. The molecule has 0 spiro atoms. The molecule has 0 fully saturated rings. The first-order valence-corrected chi connectivity index (χ1v) is 7.65. The van der Waals surface area contributed by atoms with Crippen molar-refractivity contribution < 1.29 is 19.1 Å². The van der Waals surface area contributed by atoms with Crippen molar-refractivity contribution in [2.75, 3.05) is 23.4 Å². The van der Waals surface area contributed by atoms with Crippen molar-refractivity contribution >= 4 is 34.8 Å². The minimum atomic E-state index is -0.245. The molecule has 1 N–H and O–H groups in total. The molecule has 2 aliphatic rings. The van der Waals surface area contributed by atoms with Crippen molar-refractivity contribution in [1.82, 2.24) is 0 Å². The number of benzene rings is 2. The summed E-state index contributed by atoms with van der Waals surface area (Å²) >= 11 is 5.97. The first-order valence-electron chi connectivity index (χ1n) is 7.28. The lowest BCUT2D eigenvalue weighted by atomic mass is 10.1. The summed E-state index contributed by atoms with van der Waals surface area (Å²) in [5, 5.41) is 3.24. The number of halogens is 1. The van der Waals surface area contributed by atoms with Crippen LogP contribution < -0.4 is 19.7 Å². The normalized spacial score (nSPS) is 15.5. The minimum Gasteiger partial charge on any atom is -0.489 e. The van der Waals surface area contributed by atoms with E-state index in [4.69, 9.17) is 21.1 Å². The number of rotatable bonds is 1. The molecule has 4 rings (SSSR count). The van der Waals surface area contributed by atoms with Gasteiger partial charge in [0.2, 0.25) is 0 Å². The van der Waals surface area contributed by atoms with Crippen LogP contribution in [0.25, 0.3) is 0 Å². The van der Waals surface area contributed by atoms with Crippen molar-refractivity contribution in [1.29, 1.82) is 0 Å². The van der Waals surface area contributed by atoms with E-state index in [-0.39, 0.29) is 25.0 Å². The number of carbonyl (C=O) groups excluding carboxylic acids is 2. The average Bonchev–Trinajstić information content (AvgIpc) is 2.59. The van der Waals surface area contributed by atoms with Crippen molar-refractivity contribution in [2.24, 2.45) is 0 Å². The minimum absolute atomic E-state index is 0.0222. The van der Waals surface area contributed by atoms with Gasteiger partial charge in [-0.05, 0) is 30.3 Å². The van der Waals surface area contributed by atoms with Crippen LogP contribution in [0.15, 0.2) is 36.4 Å². The summed E-state index contributed by atoms with van der Waals surface area (Å²) in [6.45, 7) is 1.91. The molecular formula is C17H12ClN2O4. The number of hydrogen-bond acceptors (Lipinski definition) is 4. The Bertz CT molecular complexity index is 852. The van der Waals surface area contributed by atoms with Crippen LogP contribution in [0.1, 0.15) is 10.4 Å². The van der Waals surface area contributed by atoms with Gasteiger partial charge in [-0.1, -0.05) is 11.6 Å². The Morgan fingerprint density at radius 2 is 2.00 bits per heavy atom. The summed E-state index contributed by atoms with van der Waals surface area (Å²) in [5.74, 6) is 0.617. The van der Waals surface area contributed by atoms with Crippen LogP contribution in [0, 0.1) is 6.54 Å². The van der Waals surface area contributed by atoms with Crippen LogP contribution in [0.3, 0.4) is 0 Å². The highest BCUT2D eigenvalue weighted by molar-refractivity contribution is 6.31. The molecule has 121 valence electrons. The monoisotopic (exact) mass is 343 g/mol. The Kier molecular flexibility index (Phi) is 3.54. The topological polar surface area (TPSA) is 67.9 Å². The predicted octanol–water partition coefficient (Wildman–Crippen LogP) is 2.87. The maximum atomic E-state index is 12.9. The number of anilines is 2. The van der Waals surface area contributed by atoms with E-state index in [0.717, 1.165) is 0 Å². The summed E-state index contributed by atoms with van der Waals surface area (Å²) in [5.41, 5.74) is 1.54. The Balaban J connectivity index is 1.68. The van der Waals surface area contributed by atoms with Crippen molar-refractivity contribution in [3.63, 3.8) is 0 Å². The van der Waals surface area contributed by atoms with Crippen molar-refractivity contribution in [3.8, 4) is 11.5 Å². The molecule has 0 aliphatic carbocycles. The molecule has 1 radical (unpaired) electrons. The molecule has 0 saturated heterocycles. The third kappa shape index (κ3) is 2.55. The lowest BCUT2D eigenvalue weighted by Crippen LogP contribution is -2.34. The number of hydrogen-bond donors (Lipinski definition) is 1. The quantitative estimate of drug-likeness (QED) is 0.864. The van der Waals surface area contributed by atoms with Gasteiger partial charge in [-0.3, -0.25) is 14.5 Å². The van der Waals surface area contributed by atoms with Crippen LogP contribution in [-0.2, 0) is 4.79 Å². The molecule has 0 unspecified atom stereocenters. The fraction of sp³-hybridized carbons (Fsp3) is 0.118. The molecule has 2 aromatic rings. The number of fused-ring (bicyclic) bond motifs is 2. The molecule has 7 heteroatoms. The maximum Gasteiger partial charge on any atom is 0.262 e. The van der Waals surface area contributed by atoms with Gasteiger partial charge in [-0.2, -0.15) is 0 Å². The van der Waals surface area contributed by atoms with Gasteiger partial charge >= 0.3 is 0 Å². The third-order valence-electron chi connectivity index (χ3n) is 3.76. The first-order chi connectivity index (χ1) is 11.6. The average molecular weight is 344 g/mol. The van der Waals surface area contributed by atoms with Crippen molar-refractivity contribution in [2.45, 2.75) is 0 Å². The van der Waals surface area contributed by atoms with Gasteiger partial charge in [0.1, 0.15) is 18.1 Å². The van der Waals surface area contributed by atoms with E-state index < -0.39 is 0 Å². The predicted molar refractivity (Wildman–Crippen MR) is 88.6 cm³/mol. The van der Waals surface area contributed by atoms with Crippen LogP contribution in [0.4, 0.5) is 11.4 Å². The van der Waals surface area contributed by atoms with E-state index in [1.807, 2.05) is 0 Å². The molecule has 2 amide bonds. The van der Waals surface area contributed by atoms with E-state index in [1.165, 1.54) is 4.90 Å². The molecule has 2 aromatic carbocycles. The van der Waals surface area contributed by atoms with Crippen LogP contribution in [0.5, 0.6) is 11.5 Å². The second-order valence-corrected chi connectivity index (χ2v) is 5.77. The molecule has 0 saturated carbocycles. The zero-order valence-electron chi connectivity index (χ0n) is 12.4. The summed E-state index contributed by atoms with van der Waals surface area (Å²) in [4.78, 5) is 25.8. The Labute approximate surface area is 142 Å². The maximum absolute atomic E-state index is 12.9. The molecule has 24 heavy (non-hydrogen) atoms. The van der Waals surface area contributed by atoms with Crippen LogP contribution in [-0.4, -0.2) is 25.0 Å². The molecule has 2 aliphatic heterocycles. The number of carbonyl (C=O) groups is 2. The zero-order chi connectivity index (χ0) is 16.7. The fourth-order valence-electron chi connectivity index (χ4n) is 2.65. The van der Waals surface area contributed by atoms with Gasteiger partial charge in [0.05, 0.1) is 17.9 Å². The van der Waals surface area contributed by atoms with Gasteiger partial charge in [-0.25, -0.2) is 0 Å². The summed E-state index contributed by atoms with van der Waals surface area (Å²) in [6, 6.07) is 10.0. The van der Waals surface area contributed by atoms with Crippen molar-refractivity contribution in [3.05, 3.63) is 53.5 Å². The zero-order valence-corrected chi connectivity index (χ0v) is 13.2. The van der Waals surface area contributed by atoms with Gasteiger partial charge in [0, 0.05) is 16.7 Å². The van der Waals surface area contributed by atoms with E-state index in [9.17, 15) is 9.59 Å². The van der Waals surface area contributed by atoms with Gasteiger partial charge in [0.15, 0.2) is 6.61 Å². The molecule has 2 heterocycles. The molecule has 0 atom stereocenters. The summed E-state index contributed by atoms with van der Waals surface area (Å²) in [7, 11) is 0. The third-order valence-corrected chi connectivity index (χ3v) is 3.99. The Morgan fingerprint density at radius 1 is 1.12 bits per heavy atom. The van der Waals surface area contributed by atoms with Crippen LogP contribution >= 0.6 is 11.6 Å². The molecule has 0 bridgehead atoms. The van der Waals surface area contributed by atoms with E-state index in [2.05, 4.69) is 5.32 Å². The fourth-order valence-corrected chi connectivity index (χ4v) is 2.81. The lowest BCUT2D eigenvalue weighted by molar-refractivity contribution is -0.118. The highest BCUT2D eigenvalue weighted by Crippen LogP contribution is 2.36. The van der Waals surface area contributed by atoms with Gasteiger partial charge < -0.3 is 14.8 Å². The molecule has 6 nitrogen and oxygen atoms in total. The van der Waals surface area contributed by atoms with E-state index >= 15 is 0 Å². The van der Waals surface area contributed by atoms with Gasteiger partial charge in [0.25, 0.3) is 11.8 Å². The summed E-state index contributed by atoms with van der Waals surface area (Å²) in [6.07, 6.45) is 0. The van der Waals surface area contributed by atoms with E-state index in [0.29, 0.717) is 33.5 Å². The van der Waals surface area contributed by atoms with E-state index in [1.54, 1.807) is 42.9 Å². The second-order valence-electron chi connectivity index (χ2n) is 5.33. The standard InChI is InChI=1S/C17H12ClN2O4/c18-11-2-3-13-15(8-11)23-6-5-20(13)17(22)10-1-4-14-12(7-10)19-16(21)9-24-14/h1-5,7-8H,6,9H2,(H,19,21). The van der Waals surface area contributed by atoms with Gasteiger partial charge in [-0.15, -0.1) is 0 Å². The lowest BCUT2D eigenvalue weighted by Gasteiger charge is -2.29. The number of nitrogens with one attached hydrogen (secondary N) is 1.